The fraction of sp³-hybridized carbons (Fsp3) is 0.297. The second-order valence-electron chi connectivity index (χ2n) is 11.9. The number of nitrogens with zero attached hydrogens (tertiary/aromatic N) is 2. The van der Waals surface area contributed by atoms with Crippen LogP contribution < -0.4 is 14.4 Å². The van der Waals surface area contributed by atoms with Crippen molar-refractivity contribution in [1.82, 2.24) is 10.2 Å². The summed E-state index contributed by atoms with van der Waals surface area (Å²) in [6, 6.07) is 29.5. The minimum absolute atomic E-state index is 0.0644. The van der Waals surface area contributed by atoms with Gasteiger partial charge in [0, 0.05) is 19.5 Å². The van der Waals surface area contributed by atoms with E-state index in [-0.39, 0.29) is 29.7 Å². The lowest BCUT2D eigenvalue weighted by atomic mass is 10.0. The van der Waals surface area contributed by atoms with E-state index in [0.717, 1.165) is 26.6 Å². The molecule has 0 radical (unpaired) electrons. The number of rotatable bonds is 14. The zero-order chi connectivity index (χ0) is 33.3. The van der Waals surface area contributed by atoms with Gasteiger partial charge in [0.15, 0.2) is 0 Å². The van der Waals surface area contributed by atoms with Crippen molar-refractivity contribution in [2.45, 2.75) is 51.6 Å². The third-order valence-corrected chi connectivity index (χ3v) is 9.41. The molecular formula is C37H43N3O5S. The first-order valence-electron chi connectivity index (χ1n) is 15.4. The number of hydrogen-bond acceptors (Lipinski definition) is 5. The average molecular weight is 642 g/mol. The van der Waals surface area contributed by atoms with Crippen LogP contribution in [0.15, 0.2) is 108 Å². The molecule has 46 heavy (non-hydrogen) atoms. The number of sulfonamides is 1. The summed E-state index contributed by atoms with van der Waals surface area (Å²) in [5, 5.41) is 3.01. The van der Waals surface area contributed by atoms with Crippen molar-refractivity contribution in [2.75, 3.05) is 24.5 Å². The van der Waals surface area contributed by atoms with Gasteiger partial charge in [-0.15, -0.1) is 0 Å². The number of amides is 2. The number of hydrogen-bond donors (Lipinski definition) is 1. The summed E-state index contributed by atoms with van der Waals surface area (Å²) in [6.07, 6.45) is 0.246. The molecule has 242 valence electrons. The fourth-order valence-corrected chi connectivity index (χ4v) is 6.50. The number of carbonyl (C=O) groups excluding carboxylic acids is 2. The van der Waals surface area contributed by atoms with E-state index >= 15 is 0 Å². The summed E-state index contributed by atoms with van der Waals surface area (Å²) < 4.78 is 34.9. The van der Waals surface area contributed by atoms with Gasteiger partial charge in [0.1, 0.15) is 18.3 Å². The second-order valence-corrected chi connectivity index (χ2v) is 13.7. The topological polar surface area (TPSA) is 96.0 Å². The van der Waals surface area contributed by atoms with E-state index in [0.29, 0.717) is 18.0 Å². The molecule has 0 fully saturated rings. The molecule has 0 aromatic heterocycles. The largest absolute Gasteiger partial charge is 0.497 e. The number of benzene rings is 4. The van der Waals surface area contributed by atoms with Crippen LogP contribution in [-0.2, 0) is 32.6 Å². The molecule has 4 aromatic carbocycles. The Labute approximate surface area is 273 Å². The molecule has 0 saturated heterocycles. The zero-order valence-corrected chi connectivity index (χ0v) is 28.0. The number of anilines is 1. The van der Waals surface area contributed by atoms with Gasteiger partial charge in [-0.1, -0.05) is 86.1 Å². The molecular weight excluding hydrogens is 598 g/mol. The van der Waals surface area contributed by atoms with Crippen LogP contribution in [0.3, 0.4) is 0 Å². The highest BCUT2D eigenvalue weighted by Gasteiger charge is 2.34. The second kappa shape index (κ2) is 15.6. The van der Waals surface area contributed by atoms with Crippen molar-refractivity contribution in [3.63, 3.8) is 0 Å². The van der Waals surface area contributed by atoms with Gasteiger partial charge in [-0.3, -0.25) is 13.9 Å². The Hall–Kier alpha value is -4.63. The van der Waals surface area contributed by atoms with Crippen molar-refractivity contribution >= 4 is 27.5 Å². The first-order chi connectivity index (χ1) is 22.0. The maximum Gasteiger partial charge on any atom is 0.264 e. The molecule has 0 unspecified atom stereocenters. The number of methoxy groups -OCH3 is 1. The van der Waals surface area contributed by atoms with E-state index in [1.807, 2.05) is 82.3 Å². The minimum Gasteiger partial charge on any atom is -0.497 e. The van der Waals surface area contributed by atoms with Crippen LogP contribution >= 0.6 is 0 Å². The lowest BCUT2D eigenvalue weighted by Crippen LogP contribution is -2.53. The van der Waals surface area contributed by atoms with Crippen LogP contribution in [0.5, 0.6) is 5.75 Å². The summed E-state index contributed by atoms with van der Waals surface area (Å²) >= 11 is 0. The van der Waals surface area contributed by atoms with Crippen LogP contribution in [0.25, 0.3) is 0 Å². The van der Waals surface area contributed by atoms with Crippen LogP contribution in [-0.4, -0.2) is 51.4 Å². The smallest absolute Gasteiger partial charge is 0.264 e. The SMILES string of the molecule is COc1cccc(CN(C(=O)CN(c2cccc(C)c2)S(=O)(=O)c2ccc(C)cc2)[C@@H](Cc2ccccc2)C(=O)NCC(C)C)c1. The first-order valence-corrected chi connectivity index (χ1v) is 16.8. The van der Waals surface area contributed by atoms with Crippen molar-refractivity contribution in [1.29, 1.82) is 0 Å². The molecule has 0 saturated carbocycles. The normalized spacial score (nSPS) is 12.0. The molecule has 0 aliphatic rings. The number of nitrogens with one attached hydrogen (secondary N) is 1. The highest BCUT2D eigenvalue weighted by molar-refractivity contribution is 7.92. The van der Waals surface area contributed by atoms with Gasteiger partial charge in [0.2, 0.25) is 11.8 Å². The Balaban J connectivity index is 1.81. The van der Waals surface area contributed by atoms with Gasteiger partial charge in [0.25, 0.3) is 10.0 Å². The van der Waals surface area contributed by atoms with E-state index in [4.69, 9.17) is 4.74 Å². The van der Waals surface area contributed by atoms with E-state index in [1.54, 1.807) is 55.6 Å². The highest BCUT2D eigenvalue weighted by Crippen LogP contribution is 2.26. The number of ether oxygens (including phenoxy) is 1. The van der Waals surface area contributed by atoms with Crippen molar-refractivity contribution < 1.29 is 22.7 Å². The van der Waals surface area contributed by atoms with E-state index < -0.39 is 28.5 Å². The van der Waals surface area contributed by atoms with Gasteiger partial charge in [-0.05, 0) is 72.9 Å². The van der Waals surface area contributed by atoms with Crippen LogP contribution in [0, 0.1) is 19.8 Å². The molecule has 4 aromatic rings. The highest BCUT2D eigenvalue weighted by atomic mass is 32.2. The molecule has 0 aliphatic carbocycles. The predicted octanol–water partition coefficient (Wildman–Crippen LogP) is 5.92. The predicted molar refractivity (Wildman–Crippen MR) is 182 cm³/mol. The maximum atomic E-state index is 14.6. The molecule has 4 rings (SSSR count). The van der Waals surface area contributed by atoms with E-state index in [1.165, 1.54) is 4.90 Å². The van der Waals surface area contributed by atoms with E-state index in [9.17, 15) is 18.0 Å². The lowest BCUT2D eigenvalue weighted by molar-refractivity contribution is -0.140. The molecule has 0 bridgehead atoms. The summed E-state index contributed by atoms with van der Waals surface area (Å²) in [5.41, 5.74) is 3.73. The Kier molecular flexibility index (Phi) is 11.6. The van der Waals surface area contributed by atoms with Gasteiger partial charge >= 0.3 is 0 Å². The van der Waals surface area contributed by atoms with Crippen LogP contribution in [0.4, 0.5) is 5.69 Å². The summed E-state index contributed by atoms with van der Waals surface area (Å²) in [7, 11) is -2.60. The minimum atomic E-state index is -4.16. The van der Waals surface area contributed by atoms with Gasteiger partial charge in [-0.25, -0.2) is 8.42 Å². The third-order valence-electron chi connectivity index (χ3n) is 7.62. The lowest BCUT2D eigenvalue weighted by Gasteiger charge is -2.34. The molecule has 0 heterocycles. The molecule has 1 N–H and O–H groups in total. The molecule has 0 aliphatic heterocycles. The quantitative estimate of drug-likeness (QED) is 0.185. The fourth-order valence-electron chi connectivity index (χ4n) is 5.09. The summed E-state index contributed by atoms with van der Waals surface area (Å²) in [6.45, 7) is 7.74. The van der Waals surface area contributed by atoms with Crippen molar-refractivity contribution in [3.05, 3.63) is 125 Å². The summed E-state index contributed by atoms with van der Waals surface area (Å²) in [4.78, 5) is 30.0. The first kappa shape index (κ1) is 34.2. The molecule has 8 nitrogen and oxygen atoms in total. The Bertz CT molecular complexity index is 1720. The molecule has 1 atom stereocenters. The third kappa shape index (κ3) is 8.97. The standard InChI is InChI=1S/C37H43N3O5S/c1-27(2)24-38-37(42)35(23-30-12-7-6-8-13-30)39(25-31-14-10-16-33(22-31)45-5)36(41)26-40(32-15-9-11-29(4)21-32)46(43,44)34-19-17-28(3)18-20-34/h6-22,27,35H,23-26H2,1-5H3,(H,38,42)/t35-/m0/s1. The van der Waals surface area contributed by atoms with Crippen molar-refractivity contribution in [3.8, 4) is 5.75 Å². The maximum absolute atomic E-state index is 14.6. The van der Waals surface area contributed by atoms with Crippen molar-refractivity contribution in [2.24, 2.45) is 5.92 Å². The molecule has 2 amide bonds. The Morgan fingerprint density at radius 3 is 2.13 bits per heavy atom. The van der Waals surface area contributed by atoms with Gasteiger partial charge in [-0.2, -0.15) is 0 Å². The molecule has 9 heteroatoms. The number of carbonyl (C=O) groups is 2. The summed E-state index contributed by atoms with van der Waals surface area (Å²) in [5.74, 6) is -0.0182. The zero-order valence-electron chi connectivity index (χ0n) is 27.1. The molecule has 0 spiro atoms. The Morgan fingerprint density at radius 1 is 0.804 bits per heavy atom. The number of aryl methyl sites for hydroxylation is 2. The van der Waals surface area contributed by atoms with E-state index in [2.05, 4.69) is 5.32 Å². The van der Waals surface area contributed by atoms with Crippen LogP contribution in [0.2, 0.25) is 0 Å². The van der Waals surface area contributed by atoms with Gasteiger partial charge in [0.05, 0.1) is 17.7 Å². The Morgan fingerprint density at radius 2 is 1.48 bits per heavy atom. The average Bonchev–Trinajstić information content (AvgIpc) is 3.04. The van der Waals surface area contributed by atoms with Gasteiger partial charge < -0.3 is 15.0 Å². The van der Waals surface area contributed by atoms with Crippen LogP contribution in [0.1, 0.15) is 36.1 Å². The monoisotopic (exact) mass is 641 g/mol.